The molecule has 0 bridgehead atoms. The Hall–Kier alpha value is -2.62. The van der Waals surface area contributed by atoms with Gasteiger partial charge in [-0.2, -0.15) is 0 Å². The van der Waals surface area contributed by atoms with Gasteiger partial charge in [-0.3, -0.25) is 9.59 Å². The van der Waals surface area contributed by atoms with Gasteiger partial charge < -0.3 is 10.2 Å². The van der Waals surface area contributed by atoms with E-state index in [-0.39, 0.29) is 0 Å². The van der Waals surface area contributed by atoms with Crippen molar-refractivity contribution in [2.45, 2.75) is 44.4 Å². The molecule has 0 aliphatic heterocycles. The monoisotopic (exact) mass is 378 g/mol. The summed E-state index contributed by atoms with van der Waals surface area (Å²) in [6.45, 7) is 1.30. The van der Waals surface area contributed by atoms with E-state index in [4.69, 9.17) is 0 Å². The summed E-state index contributed by atoms with van der Waals surface area (Å²) in [7, 11) is 2.02. The molecular weight excluding hydrogens is 348 g/mol. The quantitative estimate of drug-likeness (QED) is 0.416. The normalized spacial score (nSPS) is 14.5. The molecule has 2 aromatic carbocycles. The first-order chi connectivity index (χ1) is 13.6. The van der Waals surface area contributed by atoms with Gasteiger partial charge in [0.1, 0.15) is 0 Å². The molecule has 0 atom stereocenters. The number of nitrogens with zero attached hydrogens (tertiary/aromatic N) is 1. The minimum atomic E-state index is -0.521. The van der Waals surface area contributed by atoms with Gasteiger partial charge in [0.05, 0.1) is 0 Å². The highest BCUT2D eigenvalue weighted by molar-refractivity contribution is 6.42. The summed E-state index contributed by atoms with van der Waals surface area (Å²) in [6, 6.07) is 17.8. The van der Waals surface area contributed by atoms with E-state index in [2.05, 4.69) is 22.3 Å². The lowest BCUT2D eigenvalue weighted by molar-refractivity contribution is -0.117. The van der Waals surface area contributed by atoms with Crippen LogP contribution in [0.3, 0.4) is 0 Å². The van der Waals surface area contributed by atoms with Crippen LogP contribution in [0.4, 0.5) is 5.69 Å². The molecule has 0 unspecified atom stereocenters. The highest BCUT2D eigenvalue weighted by Crippen LogP contribution is 2.32. The molecule has 0 radical (unpaired) electrons. The van der Waals surface area contributed by atoms with Gasteiger partial charge in [-0.25, -0.2) is 0 Å². The number of hydrogen-bond acceptors (Lipinski definition) is 3. The van der Waals surface area contributed by atoms with E-state index in [0.717, 1.165) is 18.7 Å². The summed E-state index contributed by atoms with van der Waals surface area (Å²) < 4.78 is 0. The maximum absolute atomic E-state index is 12.4. The van der Waals surface area contributed by atoms with Crippen molar-refractivity contribution in [1.82, 2.24) is 5.32 Å². The fourth-order valence-corrected chi connectivity index (χ4v) is 3.88. The standard InChI is InChI=1S/C24H30N2O2/c1-26(22-11-6-3-7-12-22)18-8-17-25-24(28)23(27)21-15-13-20(14-16-21)19-9-4-2-5-10-19/h3,6-7,11-16,19H,2,4-5,8-10,17-18H2,1H3,(H,25,28). The van der Waals surface area contributed by atoms with E-state index >= 15 is 0 Å². The van der Waals surface area contributed by atoms with Crippen molar-refractivity contribution in [1.29, 1.82) is 0 Å². The molecule has 1 N–H and O–H groups in total. The summed E-state index contributed by atoms with van der Waals surface area (Å²) in [5.74, 6) is -0.368. The second-order valence-electron chi connectivity index (χ2n) is 7.65. The van der Waals surface area contributed by atoms with Crippen LogP contribution in [0.2, 0.25) is 0 Å². The van der Waals surface area contributed by atoms with Gasteiger partial charge in [-0.05, 0) is 42.9 Å². The van der Waals surface area contributed by atoms with Gasteiger partial charge in [0.2, 0.25) is 5.78 Å². The number of Topliss-reactive ketones (excluding diaryl/α,β-unsaturated/α-hetero) is 1. The first kappa shape index (κ1) is 20.1. The predicted octanol–water partition coefficient (Wildman–Crippen LogP) is 4.56. The SMILES string of the molecule is CN(CCCNC(=O)C(=O)c1ccc(C2CCCCC2)cc1)c1ccccc1. The number of rotatable bonds is 8. The molecule has 148 valence electrons. The number of carbonyl (C=O) groups is 2. The number of hydrogen-bond donors (Lipinski definition) is 1. The lowest BCUT2D eigenvalue weighted by Gasteiger charge is -2.22. The van der Waals surface area contributed by atoms with Crippen molar-refractivity contribution >= 4 is 17.4 Å². The van der Waals surface area contributed by atoms with Gasteiger partial charge in [0.15, 0.2) is 0 Å². The van der Waals surface area contributed by atoms with Crippen molar-refractivity contribution in [2.24, 2.45) is 0 Å². The zero-order valence-electron chi connectivity index (χ0n) is 16.7. The molecule has 4 nitrogen and oxygen atoms in total. The van der Waals surface area contributed by atoms with Gasteiger partial charge in [-0.15, -0.1) is 0 Å². The Labute approximate surface area is 167 Å². The van der Waals surface area contributed by atoms with Crippen molar-refractivity contribution in [2.75, 3.05) is 25.0 Å². The smallest absolute Gasteiger partial charge is 0.292 e. The third-order valence-corrected chi connectivity index (χ3v) is 5.61. The first-order valence-corrected chi connectivity index (χ1v) is 10.3. The number of ketones is 1. The number of benzene rings is 2. The number of amides is 1. The minimum absolute atomic E-state index is 0.452. The predicted molar refractivity (Wildman–Crippen MR) is 114 cm³/mol. The van der Waals surface area contributed by atoms with Crippen LogP contribution in [0, 0.1) is 0 Å². The molecule has 1 fully saturated rings. The van der Waals surface area contributed by atoms with Crippen LogP contribution in [0.15, 0.2) is 54.6 Å². The lowest BCUT2D eigenvalue weighted by Crippen LogP contribution is -2.33. The van der Waals surface area contributed by atoms with Gasteiger partial charge in [-0.1, -0.05) is 61.7 Å². The van der Waals surface area contributed by atoms with Crippen LogP contribution in [-0.2, 0) is 4.79 Å². The topological polar surface area (TPSA) is 49.4 Å². The third kappa shape index (κ3) is 5.44. The average Bonchev–Trinajstić information content (AvgIpc) is 2.77. The second-order valence-corrected chi connectivity index (χ2v) is 7.65. The molecule has 2 aromatic rings. The fourth-order valence-electron chi connectivity index (χ4n) is 3.88. The maximum atomic E-state index is 12.4. The Morgan fingerprint density at radius 2 is 1.64 bits per heavy atom. The number of anilines is 1. The molecule has 0 heterocycles. The number of carbonyl (C=O) groups excluding carboxylic acids is 2. The van der Waals surface area contributed by atoms with Gasteiger partial charge in [0, 0.05) is 31.4 Å². The first-order valence-electron chi connectivity index (χ1n) is 10.3. The molecule has 1 saturated carbocycles. The van der Waals surface area contributed by atoms with E-state index < -0.39 is 11.7 Å². The molecule has 0 saturated heterocycles. The molecule has 1 aliphatic carbocycles. The zero-order valence-corrected chi connectivity index (χ0v) is 16.7. The largest absolute Gasteiger partial charge is 0.375 e. The maximum Gasteiger partial charge on any atom is 0.292 e. The van der Waals surface area contributed by atoms with Crippen LogP contribution < -0.4 is 10.2 Å². The molecular formula is C24H30N2O2. The molecule has 4 heteroatoms. The Balaban J connectivity index is 1.43. The molecule has 1 aliphatic rings. The molecule has 28 heavy (non-hydrogen) atoms. The van der Waals surface area contributed by atoms with E-state index in [9.17, 15) is 9.59 Å². The lowest BCUT2D eigenvalue weighted by atomic mass is 9.84. The van der Waals surface area contributed by atoms with Crippen LogP contribution in [0.5, 0.6) is 0 Å². The summed E-state index contributed by atoms with van der Waals surface area (Å²) in [4.78, 5) is 26.7. The van der Waals surface area contributed by atoms with Crippen molar-refractivity contribution in [3.8, 4) is 0 Å². The molecule has 1 amide bonds. The summed E-state index contributed by atoms with van der Waals surface area (Å²) in [5.41, 5.74) is 2.90. The fraction of sp³-hybridized carbons (Fsp3) is 0.417. The van der Waals surface area contributed by atoms with E-state index in [0.29, 0.717) is 18.0 Å². The van der Waals surface area contributed by atoms with E-state index in [1.54, 1.807) is 12.1 Å². The second kappa shape index (κ2) is 10.1. The molecule has 0 aromatic heterocycles. The highest BCUT2D eigenvalue weighted by atomic mass is 16.2. The average molecular weight is 379 g/mol. The van der Waals surface area contributed by atoms with E-state index in [1.165, 1.54) is 37.7 Å². The summed E-state index contributed by atoms with van der Waals surface area (Å²) in [5, 5.41) is 2.75. The highest BCUT2D eigenvalue weighted by Gasteiger charge is 2.18. The van der Waals surface area contributed by atoms with Crippen molar-refractivity contribution in [3.05, 3.63) is 65.7 Å². The van der Waals surface area contributed by atoms with Crippen LogP contribution >= 0.6 is 0 Å². The van der Waals surface area contributed by atoms with Crippen molar-refractivity contribution in [3.63, 3.8) is 0 Å². The van der Waals surface area contributed by atoms with Crippen molar-refractivity contribution < 1.29 is 9.59 Å². The van der Waals surface area contributed by atoms with Crippen LogP contribution in [-0.4, -0.2) is 31.8 Å². The Morgan fingerprint density at radius 1 is 0.964 bits per heavy atom. The Morgan fingerprint density at radius 3 is 2.32 bits per heavy atom. The summed E-state index contributed by atoms with van der Waals surface area (Å²) >= 11 is 0. The van der Waals surface area contributed by atoms with Gasteiger partial charge >= 0.3 is 0 Å². The Bertz CT molecular complexity index is 765. The molecule has 0 spiro atoms. The minimum Gasteiger partial charge on any atom is -0.375 e. The molecule has 3 rings (SSSR count). The van der Waals surface area contributed by atoms with Gasteiger partial charge in [0.25, 0.3) is 5.91 Å². The zero-order chi connectivity index (χ0) is 19.8. The third-order valence-electron chi connectivity index (χ3n) is 5.61. The van der Waals surface area contributed by atoms with Crippen LogP contribution in [0.25, 0.3) is 0 Å². The number of nitrogens with one attached hydrogen (secondary N) is 1. The number of para-hydroxylation sites is 1. The van der Waals surface area contributed by atoms with Crippen LogP contribution in [0.1, 0.15) is 60.4 Å². The van der Waals surface area contributed by atoms with E-state index in [1.807, 2.05) is 37.4 Å². The summed E-state index contributed by atoms with van der Waals surface area (Å²) in [6.07, 6.45) is 7.14. The Kier molecular flexibility index (Phi) is 7.24.